The van der Waals surface area contributed by atoms with Crippen LogP contribution in [0.1, 0.15) is 13.8 Å². The molecule has 0 rings (SSSR count). The number of amides is 1. The van der Waals surface area contributed by atoms with Crippen LogP contribution in [0.3, 0.4) is 0 Å². The number of hydrogen-bond acceptors (Lipinski definition) is 2. The summed E-state index contributed by atoms with van der Waals surface area (Å²) in [7, 11) is 0. The fraction of sp³-hybridized carbons (Fsp3) is 0.714. The van der Waals surface area contributed by atoms with Crippen molar-refractivity contribution in [3.05, 3.63) is 0 Å². The van der Waals surface area contributed by atoms with Gasteiger partial charge in [0.2, 0.25) is 0 Å². The van der Waals surface area contributed by atoms with Gasteiger partial charge in [0.25, 0.3) is 0 Å². The van der Waals surface area contributed by atoms with Crippen LogP contribution in [0.5, 0.6) is 0 Å². The summed E-state index contributed by atoms with van der Waals surface area (Å²) in [5.41, 5.74) is -0.985. The van der Waals surface area contributed by atoms with Crippen molar-refractivity contribution in [2.75, 3.05) is 6.54 Å². The standard InChI is InChI=1S/C7H9F3N2O/c1-6(2,3-11)4-12-5(13)7(8,9)10/h4H2,1-2H3,(H,12,13). The molecule has 0 aliphatic carbocycles. The molecule has 0 saturated carbocycles. The van der Waals surface area contributed by atoms with E-state index in [1.165, 1.54) is 13.8 Å². The molecular weight excluding hydrogens is 185 g/mol. The first-order valence-electron chi connectivity index (χ1n) is 3.45. The largest absolute Gasteiger partial charge is 0.471 e. The van der Waals surface area contributed by atoms with E-state index in [4.69, 9.17) is 5.26 Å². The monoisotopic (exact) mass is 194 g/mol. The van der Waals surface area contributed by atoms with E-state index >= 15 is 0 Å². The second-order valence-corrected chi connectivity index (χ2v) is 3.18. The molecule has 6 heteroatoms. The van der Waals surface area contributed by atoms with E-state index in [1.54, 1.807) is 11.4 Å². The third-order valence-electron chi connectivity index (χ3n) is 1.25. The van der Waals surface area contributed by atoms with Crippen molar-refractivity contribution in [1.82, 2.24) is 5.32 Å². The Morgan fingerprint density at radius 1 is 1.46 bits per heavy atom. The first-order valence-corrected chi connectivity index (χ1v) is 3.45. The molecular formula is C7H9F3N2O. The molecule has 1 amide bonds. The number of carbonyl (C=O) groups is 1. The van der Waals surface area contributed by atoms with Gasteiger partial charge in [0.05, 0.1) is 11.5 Å². The Hall–Kier alpha value is -1.25. The van der Waals surface area contributed by atoms with Gasteiger partial charge in [-0.3, -0.25) is 4.79 Å². The molecule has 3 nitrogen and oxygen atoms in total. The van der Waals surface area contributed by atoms with Gasteiger partial charge in [0, 0.05) is 6.54 Å². The average Bonchev–Trinajstić information content (AvgIpc) is 1.98. The summed E-state index contributed by atoms with van der Waals surface area (Å²) < 4.78 is 34.9. The second-order valence-electron chi connectivity index (χ2n) is 3.18. The topological polar surface area (TPSA) is 52.9 Å². The fourth-order valence-corrected chi connectivity index (χ4v) is 0.441. The van der Waals surface area contributed by atoms with Gasteiger partial charge in [-0.2, -0.15) is 18.4 Å². The maximum atomic E-state index is 11.6. The smallest absolute Gasteiger partial charge is 0.347 e. The van der Waals surface area contributed by atoms with Gasteiger partial charge >= 0.3 is 12.1 Å². The Labute approximate surface area is 73.5 Å². The van der Waals surface area contributed by atoms with Crippen LogP contribution in [0.2, 0.25) is 0 Å². The number of nitrogens with zero attached hydrogens (tertiary/aromatic N) is 1. The number of hydrogen-bond donors (Lipinski definition) is 1. The van der Waals surface area contributed by atoms with E-state index < -0.39 is 17.5 Å². The molecule has 0 heterocycles. The van der Waals surface area contributed by atoms with Crippen molar-refractivity contribution in [3.8, 4) is 6.07 Å². The van der Waals surface area contributed by atoms with Crippen LogP contribution in [0.15, 0.2) is 0 Å². The number of nitrogens with one attached hydrogen (secondary N) is 1. The third kappa shape index (κ3) is 4.35. The van der Waals surface area contributed by atoms with E-state index in [1.807, 2.05) is 0 Å². The molecule has 0 aliphatic heterocycles. The number of halogens is 3. The summed E-state index contributed by atoms with van der Waals surface area (Å²) in [4.78, 5) is 10.3. The highest BCUT2D eigenvalue weighted by Crippen LogP contribution is 2.16. The van der Waals surface area contributed by atoms with Gasteiger partial charge in [-0.05, 0) is 13.8 Å². The fourth-order valence-electron chi connectivity index (χ4n) is 0.441. The second kappa shape index (κ2) is 3.64. The van der Waals surface area contributed by atoms with Gasteiger partial charge < -0.3 is 5.32 Å². The predicted octanol–water partition coefficient (Wildman–Crippen LogP) is 1.21. The maximum absolute atomic E-state index is 11.6. The Kier molecular flexibility index (Phi) is 3.29. The highest BCUT2D eigenvalue weighted by Gasteiger charge is 2.39. The van der Waals surface area contributed by atoms with Crippen LogP contribution >= 0.6 is 0 Å². The summed E-state index contributed by atoms with van der Waals surface area (Å²) >= 11 is 0. The van der Waals surface area contributed by atoms with Crippen LogP contribution < -0.4 is 5.32 Å². The molecule has 0 aromatic carbocycles. The van der Waals surface area contributed by atoms with E-state index in [-0.39, 0.29) is 6.54 Å². The van der Waals surface area contributed by atoms with E-state index in [0.717, 1.165) is 0 Å². The molecule has 1 N–H and O–H groups in total. The van der Waals surface area contributed by atoms with Crippen molar-refractivity contribution in [2.45, 2.75) is 20.0 Å². The van der Waals surface area contributed by atoms with Crippen LogP contribution in [0.4, 0.5) is 13.2 Å². The number of carbonyl (C=O) groups excluding carboxylic acids is 1. The SMILES string of the molecule is CC(C)(C#N)CNC(=O)C(F)(F)F. The zero-order valence-corrected chi connectivity index (χ0v) is 7.20. The van der Waals surface area contributed by atoms with Crippen LogP contribution in [-0.4, -0.2) is 18.6 Å². The van der Waals surface area contributed by atoms with E-state index in [9.17, 15) is 18.0 Å². The lowest BCUT2D eigenvalue weighted by atomic mass is 9.96. The lowest BCUT2D eigenvalue weighted by molar-refractivity contribution is -0.173. The Balaban J connectivity index is 4.08. The molecule has 0 aromatic heterocycles. The average molecular weight is 194 g/mol. The molecule has 0 atom stereocenters. The first kappa shape index (κ1) is 11.8. The third-order valence-corrected chi connectivity index (χ3v) is 1.25. The minimum atomic E-state index is -4.88. The first-order chi connectivity index (χ1) is 5.69. The van der Waals surface area contributed by atoms with Crippen LogP contribution in [-0.2, 0) is 4.79 Å². The summed E-state index contributed by atoms with van der Waals surface area (Å²) in [5.74, 6) is -2.02. The van der Waals surface area contributed by atoms with Gasteiger partial charge in [-0.15, -0.1) is 0 Å². The Morgan fingerprint density at radius 3 is 2.23 bits per heavy atom. The quantitative estimate of drug-likeness (QED) is 0.718. The zero-order valence-electron chi connectivity index (χ0n) is 7.20. The normalized spacial score (nSPS) is 12.0. The predicted molar refractivity (Wildman–Crippen MR) is 38.5 cm³/mol. The van der Waals surface area contributed by atoms with Gasteiger partial charge in [0.15, 0.2) is 0 Å². The Morgan fingerprint density at radius 2 is 1.92 bits per heavy atom. The molecule has 13 heavy (non-hydrogen) atoms. The molecule has 74 valence electrons. The number of alkyl halides is 3. The summed E-state index contributed by atoms with van der Waals surface area (Å²) in [6.45, 7) is 2.55. The minimum Gasteiger partial charge on any atom is -0.347 e. The van der Waals surface area contributed by atoms with Crippen molar-refractivity contribution < 1.29 is 18.0 Å². The summed E-state index contributed by atoms with van der Waals surface area (Å²) in [5, 5.41) is 10.1. The van der Waals surface area contributed by atoms with Crippen molar-refractivity contribution in [3.63, 3.8) is 0 Å². The molecule has 0 aromatic rings. The summed E-state index contributed by atoms with van der Waals surface area (Å²) in [6.07, 6.45) is -4.88. The molecule has 0 bridgehead atoms. The minimum absolute atomic E-state index is 0.318. The summed E-state index contributed by atoms with van der Waals surface area (Å²) in [6, 6.07) is 1.77. The van der Waals surface area contributed by atoms with Crippen LogP contribution in [0.25, 0.3) is 0 Å². The van der Waals surface area contributed by atoms with E-state index in [0.29, 0.717) is 0 Å². The molecule has 0 fully saturated rings. The molecule has 0 radical (unpaired) electrons. The molecule has 0 unspecified atom stereocenters. The van der Waals surface area contributed by atoms with Gasteiger partial charge in [-0.1, -0.05) is 0 Å². The highest BCUT2D eigenvalue weighted by atomic mass is 19.4. The number of rotatable bonds is 2. The highest BCUT2D eigenvalue weighted by molar-refractivity contribution is 5.81. The van der Waals surface area contributed by atoms with Gasteiger partial charge in [-0.25, -0.2) is 0 Å². The molecule has 0 saturated heterocycles. The molecule has 0 aliphatic rings. The van der Waals surface area contributed by atoms with Crippen molar-refractivity contribution in [2.24, 2.45) is 5.41 Å². The lowest BCUT2D eigenvalue weighted by Gasteiger charge is -2.16. The Bertz CT molecular complexity index is 239. The number of nitriles is 1. The van der Waals surface area contributed by atoms with E-state index in [2.05, 4.69) is 0 Å². The van der Waals surface area contributed by atoms with Crippen molar-refractivity contribution >= 4 is 5.91 Å². The maximum Gasteiger partial charge on any atom is 0.471 e. The lowest BCUT2D eigenvalue weighted by Crippen LogP contribution is -2.41. The van der Waals surface area contributed by atoms with Crippen molar-refractivity contribution in [1.29, 1.82) is 5.26 Å². The van der Waals surface area contributed by atoms with Gasteiger partial charge in [0.1, 0.15) is 0 Å². The molecule has 0 spiro atoms. The zero-order chi connectivity index (χ0) is 10.7. The van der Waals surface area contributed by atoms with Crippen LogP contribution in [0, 0.1) is 16.7 Å².